The summed E-state index contributed by atoms with van der Waals surface area (Å²) in [4.78, 5) is 41.4. The van der Waals surface area contributed by atoms with Crippen LogP contribution in [0.5, 0.6) is 0 Å². The van der Waals surface area contributed by atoms with E-state index in [-0.39, 0.29) is 17.7 Å². The molecule has 6 N–H and O–H groups in total. The lowest BCUT2D eigenvalue weighted by Gasteiger charge is -2.36. The van der Waals surface area contributed by atoms with E-state index in [0.29, 0.717) is 24.6 Å². The highest BCUT2D eigenvalue weighted by Gasteiger charge is 2.50. The molecule has 36 heavy (non-hydrogen) atoms. The second-order valence-electron chi connectivity index (χ2n) is 10.1. The number of amides is 3. The number of carbonyl (C=O) groups excluding carboxylic acids is 3. The van der Waals surface area contributed by atoms with Crippen LogP contribution in [-0.2, 0) is 9.59 Å². The molecule has 1 saturated carbocycles. The topological polar surface area (TPSA) is 137 Å². The van der Waals surface area contributed by atoms with Crippen molar-refractivity contribution in [3.05, 3.63) is 71.9 Å². The van der Waals surface area contributed by atoms with Crippen molar-refractivity contribution >= 4 is 28.6 Å². The Kier molecular flexibility index (Phi) is 6.53. The van der Waals surface area contributed by atoms with E-state index in [4.69, 9.17) is 17.2 Å². The zero-order chi connectivity index (χ0) is 25.4. The Bertz CT molecular complexity index is 1280. The van der Waals surface area contributed by atoms with E-state index in [0.717, 1.165) is 42.1 Å². The first-order valence-corrected chi connectivity index (χ1v) is 12.7. The summed E-state index contributed by atoms with van der Waals surface area (Å²) in [6, 6.07) is 18.2. The number of para-hydroxylation sites is 1. The van der Waals surface area contributed by atoms with Gasteiger partial charge in [0.25, 0.3) is 5.91 Å². The Morgan fingerprint density at radius 1 is 0.889 bits per heavy atom. The molecule has 2 fully saturated rings. The highest BCUT2D eigenvalue weighted by Crippen LogP contribution is 2.46. The normalized spacial score (nSPS) is 26.2. The average Bonchev–Trinajstić information content (AvgIpc) is 3.48. The van der Waals surface area contributed by atoms with Gasteiger partial charge in [-0.25, -0.2) is 0 Å². The molecule has 3 atom stereocenters. The van der Waals surface area contributed by atoms with E-state index in [1.165, 1.54) is 0 Å². The lowest BCUT2D eigenvalue weighted by Crippen LogP contribution is -2.50. The molecule has 2 aliphatic rings. The Balaban J connectivity index is 1.64. The predicted octanol–water partition coefficient (Wildman–Crippen LogP) is 2.87. The Labute approximate surface area is 210 Å². The Morgan fingerprint density at radius 2 is 1.56 bits per heavy atom. The van der Waals surface area contributed by atoms with Crippen LogP contribution in [0.2, 0.25) is 0 Å². The summed E-state index contributed by atoms with van der Waals surface area (Å²) >= 11 is 0. The molecule has 3 aromatic rings. The van der Waals surface area contributed by atoms with E-state index >= 15 is 0 Å². The number of hydrogen-bond donors (Lipinski definition) is 3. The van der Waals surface area contributed by atoms with Crippen molar-refractivity contribution in [2.75, 3.05) is 6.54 Å². The van der Waals surface area contributed by atoms with Gasteiger partial charge in [0.1, 0.15) is 17.9 Å². The maximum absolute atomic E-state index is 14.2. The molecule has 188 valence electrons. The first-order chi connectivity index (χ1) is 17.4. The van der Waals surface area contributed by atoms with E-state index in [1.54, 1.807) is 11.0 Å². The van der Waals surface area contributed by atoms with Crippen molar-refractivity contribution in [3.63, 3.8) is 0 Å². The minimum absolute atomic E-state index is 0.0918. The van der Waals surface area contributed by atoms with E-state index in [9.17, 15) is 14.4 Å². The van der Waals surface area contributed by atoms with Gasteiger partial charge >= 0.3 is 0 Å². The molecule has 1 aliphatic heterocycles. The third kappa shape index (κ3) is 4.15. The number of carbonyl (C=O) groups is 3. The van der Waals surface area contributed by atoms with Crippen molar-refractivity contribution in [2.24, 2.45) is 29.0 Å². The average molecular weight is 488 g/mol. The molecule has 1 saturated heterocycles. The largest absolute Gasteiger partial charge is 0.368 e. The van der Waals surface area contributed by atoms with Crippen molar-refractivity contribution < 1.29 is 14.4 Å². The van der Waals surface area contributed by atoms with Crippen LogP contribution in [0.1, 0.15) is 60.2 Å². The molecular formula is C28H33N5O3. The van der Waals surface area contributed by atoms with Gasteiger partial charge in [-0.05, 0) is 62.3 Å². The fourth-order valence-electron chi connectivity index (χ4n) is 6.26. The van der Waals surface area contributed by atoms with Crippen molar-refractivity contribution in [2.45, 2.75) is 50.2 Å². The smallest absolute Gasteiger partial charge is 0.265 e. The number of benzene rings is 2. The first-order valence-electron chi connectivity index (χ1n) is 12.7. The van der Waals surface area contributed by atoms with Gasteiger partial charge in [0.15, 0.2) is 0 Å². The van der Waals surface area contributed by atoms with Gasteiger partial charge in [-0.1, -0.05) is 48.5 Å². The summed E-state index contributed by atoms with van der Waals surface area (Å²) < 4.78 is 1.83. The minimum atomic E-state index is -0.834. The second-order valence-corrected chi connectivity index (χ2v) is 10.1. The van der Waals surface area contributed by atoms with Crippen LogP contribution in [0, 0.1) is 11.8 Å². The summed E-state index contributed by atoms with van der Waals surface area (Å²) in [6.45, 7) is 0.616. The van der Waals surface area contributed by atoms with Crippen molar-refractivity contribution in [3.8, 4) is 0 Å². The number of nitrogens with zero attached hydrogens (tertiary/aromatic N) is 2. The molecule has 5 rings (SSSR count). The van der Waals surface area contributed by atoms with Crippen molar-refractivity contribution in [1.29, 1.82) is 0 Å². The quantitative estimate of drug-likeness (QED) is 0.492. The molecule has 2 heterocycles. The summed E-state index contributed by atoms with van der Waals surface area (Å²) in [7, 11) is 0. The van der Waals surface area contributed by atoms with Gasteiger partial charge in [0, 0.05) is 17.2 Å². The molecule has 1 unspecified atom stereocenters. The highest BCUT2D eigenvalue weighted by molar-refractivity contribution is 5.98. The molecule has 0 radical (unpaired) electrons. The molecule has 0 spiro atoms. The van der Waals surface area contributed by atoms with E-state index < -0.39 is 24.0 Å². The molecule has 1 aliphatic carbocycles. The van der Waals surface area contributed by atoms with Crippen LogP contribution in [0.3, 0.4) is 0 Å². The summed E-state index contributed by atoms with van der Waals surface area (Å²) in [6.07, 6.45) is 3.08. The van der Waals surface area contributed by atoms with Gasteiger partial charge in [0.05, 0.1) is 5.52 Å². The summed E-state index contributed by atoms with van der Waals surface area (Å²) in [5.74, 6) is -1.33. The second kappa shape index (κ2) is 9.78. The molecule has 3 amide bonds. The zero-order valence-corrected chi connectivity index (χ0v) is 20.3. The lowest BCUT2D eigenvalue weighted by atomic mass is 9.81. The number of rotatable bonds is 6. The number of aromatic nitrogens is 1. The monoisotopic (exact) mass is 487 g/mol. The maximum Gasteiger partial charge on any atom is 0.265 e. The molecule has 2 aromatic carbocycles. The lowest BCUT2D eigenvalue weighted by molar-refractivity contribution is -0.145. The molecule has 8 nitrogen and oxygen atoms in total. The SMILES string of the molecule is NCC1CCC(C(=O)N2C(n3c(C(N)=O)cc4ccccc43)C[C@@H](c3ccccc3)[C@H]2C(N)=O)CC1. The molecule has 1 aromatic heterocycles. The number of primary amides is 2. The fraction of sp³-hybridized carbons (Fsp3) is 0.393. The van der Waals surface area contributed by atoms with Crippen LogP contribution in [0.25, 0.3) is 10.9 Å². The van der Waals surface area contributed by atoms with Gasteiger partial charge in [0.2, 0.25) is 11.8 Å². The molecule has 0 bridgehead atoms. The standard InChI is InChI=1S/C28H33N5O3/c29-16-17-10-12-19(13-11-17)28(36)33-24(15-21(25(33)27(31)35)18-6-2-1-3-7-18)32-22-9-5-4-8-20(22)14-23(32)26(30)34/h1-9,14,17,19,21,24-25H,10-13,15-16,29H2,(H2,30,34)(H2,31,35)/t17?,19?,21-,24?,25-/m0/s1. The number of hydrogen-bond acceptors (Lipinski definition) is 4. The van der Waals surface area contributed by atoms with Gasteiger partial charge in [-0.15, -0.1) is 0 Å². The number of nitrogens with two attached hydrogens (primary N) is 3. The minimum Gasteiger partial charge on any atom is -0.368 e. The van der Waals surface area contributed by atoms with Crippen LogP contribution in [-0.4, -0.2) is 39.8 Å². The van der Waals surface area contributed by atoms with Crippen LogP contribution < -0.4 is 17.2 Å². The third-order valence-electron chi connectivity index (χ3n) is 8.07. The highest BCUT2D eigenvalue weighted by atomic mass is 16.2. The molecular weight excluding hydrogens is 454 g/mol. The summed E-state index contributed by atoms with van der Waals surface area (Å²) in [5.41, 5.74) is 19.7. The van der Waals surface area contributed by atoms with Gasteiger partial charge in [-0.2, -0.15) is 0 Å². The van der Waals surface area contributed by atoms with Crippen molar-refractivity contribution in [1.82, 2.24) is 9.47 Å². The summed E-state index contributed by atoms with van der Waals surface area (Å²) in [5, 5.41) is 0.848. The third-order valence-corrected chi connectivity index (χ3v) is 8.07. The van der Waals surface area contributed by atoms with Crippen LogP contribution in [0.15, 0.2) is 60.7 Å². The fourth-order valence-corrected chi connectivity index (χ4v) is 6.26. The number of fused-ring (bicyclic) bond motifs is 1. The van der Waals surface area contributed by atoms with Crippen LogP contribution in [0.4, 0.5) is 0 Å². The predicted molar refractivity (Wildman–Crippen MR) is 138 cm³/mol. The Hall–Kier alpha value is -3.65. The first kappa shape index (κ1) is 24.1. The Morgan fingerprint density at radius 3 is 2.19 bits per heavy atom. The number of likely N-dealkylation sites (tertiary alicyclic amines) is 1. The van der Waals surface area contributed by atoms with E-state index in [1.807, 2.05) is 59.2 Å². The van der Waals surface area contributed by atoms with Crippen LogP contribution >= 0.6 is 0 Å². The van der Waals surface area contributed by atoms with E-state index in [2.05, 4.69) is 0 Å². The maximum atomic E-state index is 14.2. The van der Waals surface area contributed by atoms with Gasteiger partial charge in [-0.3, -0.25) is 14.4 Å². The molecule has 8 heteroatoms. The zero-order valence-electron chi connectivity index (χ0n) is 20.3. The van der Waals surface area contributed by atoms with Gasteiger partial charge < -0.3 is 26.7 Å².